The fourth-order valence-electron chi connectivity index (χ4n) is 0.482. The zero-order chi connectivity index (χ0) is 14.9. The van der Waals surface area contributed by atoms with Gasteiger partial charge in [0.15, 0.2) is 0 Å². The zero-order valence-corrected chi connectivity index (χ0v) is 12.7. The minimum absolute atomic E-state index is 0. The Kier molecular flexibility index (Phi) is 31.1. The van der Waals surface area contributed by atoms with Crippen LogP contribution in [0.5, 0.6) is 0 Å². The van der Waals surface area contributed by atoms with Crippen LogP contribution in [-0.2, 0) is 19.2 Å². The van der Waals surface area contributed by atoms with Crippen molar-refractivity contribution in [1.82, 2.24) is 24.6 Å². The molecule has 0 bridgehead atoms. The van der Waals surface area contributed by atoms with Crippen molar-refractivity contribution in [2.75, 3.05) is 0 Å². The highest BCUT2D eigenvalue weighted by atomic mass is 16.4. The van der Waals surface area contributed by atoms with Crippen molar-refractivity contribution in [3.63, 3.8) is 0 Å². The van der Waals surface area contributed by atoms with Gasteiger partial charge in [0.2, 0.25) is 0 Å². The summed E-state index contributed by atoms with van der Waals surface area (Å²) >= 11 is 0. The second kappa shape index (κ2) is 18.6. The number of carboxylic acids is 4. The van der Waals surface area contributed by atoms with Crippen molar-refractivity contribution in [2.45, 2.75) is 25.0 Å². The van der Waals surface area contributed by atoms with E-state index in [9.17, 15) is 39.6 Å². The standard InChI is InChI=1S/2C4H6O5.4H3N/c2*5-2(4(8)9)1-3(6)7;;;;/h2*2,5H,1H2,(H,6,7)(H,8,9);4*1H3. The third kappa shape index (κ3) is 26.3. The largest absolute Gasteiger partial charge is 0.550 e. The van der Waals surface area contributed by atoms with Crippen molar-refractivity contribution in [3.05, 3.63) is 0 Å². The number of aliphatic hydroxyl groups is 2. The molecule has 0 amide bonds. The van der Waals surface area contributed by atoms with E-state index in [4.69, 9.17) is 10.2 Å². The summed E-state index contributed by atoms with van der Waals surface area (Å²) in [5, 5.41) is 54.7. The molecule has 0 saturated heterocycles. The maximum Gasteiger partial charge on any atom is 0.0985 e. The lowest BCUT2D eigenvalue weighted by molar-refractivity contribution is -0.323. The number of quaternary nitrogens is 4. The van der Waals surface area contributed by atoms with Gasteiger partial charge in [0, 0.05) is 24.8 Å². The average Bonchev–Trinajstić information content (AvgIpc) is 2.16. The van der Waals surface area contributed by atoms with Crippen molar-refractivity contribution < 1.29 is 49.8 Å². The Morgan fingerprint density at radius 2 is 0.818 bits per heavy atom. The molecule has 0 aliphatic rings. The molecule has 0 heterocycles. The number of hydrogen-bond acceptors (Lipinski definition) is 10. The molecule has 0 rings (SSSR count). The molecule has 2 unspecified atom stereocenters. The van der Waals surface area contributed by atoms with Crippen molar-refractivity contribution in [2.24, 2.45) is 0 Å². The molecule has 0 aliphatic carbocycles. The number of carboxylic acid groups (broad SMARTS) is 4. The number of aliphatic carboxylic acids is 4. The van der Waals surface area contributed by atoms with E-state index in [0.717, 1.165) is 0 Å². The Morgan fingerprint density at radius 1 is 0.636 bits per heavy atom. The third-order valence-corrected chi connectivity index (χ3v) is 1.26. The summed E-state index contributed by atoms with van der Waals surface area (Å²) in [4.78, 5) is 38.3. The first kappa shape index (κ1) is 36.7. The van der Waals surface area contributed by atoms with Crippen LogP contribution in [0.4, 0.5) is 0 Å². The molecule has 0 radical (unpaired) electrons. The van der Waals surface area contributed by atoms with Gasteiger partial charge in [-0.25, -0.2) is 0 Å². The molecule has 14 heteroatoms. The Balaban J connectivity index is -0.0000000492. The first-order valence-corrected chi connectivity index (χ1v) is 4.25. The van der Waals surface area contributed by atoms with Gasteiger partial charge in [-0.15, -0.1) is 0 Å². The van der Waals surface area contributed by atoms with Gasteiger partial charge >= 0.3 is 0 Å². The molecular weight excluding hydrogens is 312 g/mol. The smallest absolute Gasteiger partial charge is 0.0985 e. The molecule has 0 saturated carbocycles. The Labute approximate surface area is 124 Å². The molecule has 0 spiro atoms. The maximum absolute atomic E-state index is 9.58. The Morgan fingerprint density at radius 3 is 0.864 bits per heavy atom. The van der Waals surface area contributed by atoms with Gasteiger partial charge in [0.25, 0.3) is 0 Å². The van der Waals surface area contributed by atoms with E-state index in [0.29, 0.717) is 0 Å². The molecule has 18 N–H and O–H groups in total. The monoisotopic (exact) mass is 336 g/mol. The predicted molar refractivity (Wildman–Crippen MR) is 65.2 cm³/mol. The molecule has 14 nitrogen and oxygen atoms in total. The molecule has 22 heavy (non-hydrogen) atoms. The number of carbonyl (C=O) groups excluding carboxylic acids is 4. The van der Waals surface area contributed by atoms with Crippen molar-refractivity contribution in [1.29, 1.82) is 0 Å². The van der Waals surface area contributed by atoms with Crippen LogP contribution in [0, 0.1) is 0 Å². The summed E-state index contributed by atoms with van der Waals surface area (Å²) in [5.41, 5.74) is 0. The molecule has 2 atom stereocenters. The Hall–Kier alpha value is -2.36. The van der Waals surface area contributed by atoms with Crippen LogP contribution < -0.4 is 45.0 Å². The normalized spacial score (nSPS) is 10.3. The Bertz CT molecular complexity index is 305. The lowest BCUT2D eigenvalue weighted by Gasteiger charge is -2.10. The number of hydrogen-bond donors (Lipinski definition) is 6. The summed E-state index contributed by atoms with van der Waals surface area (Å²) in [6.07, 6.45) is -5.78. The third-order valence-electron chi connectivity index (χ3n) is 1.26. The quantitative estimate of drug-likeness (QED) is 0.266. The number of aliphatic hydroxyl groups excluding tert-OH is 2. The van der Waals surface area contributed by atoms with Crippen LogP contribution in [0.1, 0.15) is 12.8 Å². The molecule has 136 valence electrons. The number of carbonyl (C=O) groups is 4. The fraction of sp³-hybridized carbons (Fsp3) is 0.500. The minimum atomic E-state index is -1.96. The molecule has 0 aromatic carbocycles. The first-order valence-electron chi connectivity index (χ1n) is 4.25. The zero-order valence-electron chi connectivity index (χ0n) is 12.7. The van der Waals surface area contributed by atoms with Crippen LogP contribution in [0.25, 0.3) is 0 Å². The average molecular weight is 336 g/mol. The van der Waals surface area contributed by atoms with Crippen molar-refractivity contribution in [3.8, 4) is 0 Å². The van der Waals surface area contributed by atoms with Gasteiger partial charge in [-0.1, -0.05) is 0 Å². The summed E-state index contributed by atoms with van der Waals surface area (Å²) in [6.45, 7) is 0. The van der Waals surface area contributed by atoms with E-state index in [1.807, 2.05) is 0 Å². The SMILES string of the molecule is O=C([O-])CC(O)C(=O)[O-].O=C([O-])CC(O)C(=O)[O-].[NH4+].[NH4+].[NH4+].[NH4+]. The highest BCUT2D eigenvalue weighted by molar-refractivity contribution is 5.77. The van der Waals surface area contributed by atoms with Crippen LogP contribution >= 0.6 is 0 Å². The summed E-state index contributed by atoms with van der Waals surface area (Å²) in [5.74, 6) is -6.85. The highest BCUT2D eigenvalue weighted by Crippen LogP contribution is 1.86. The van der Waals surface area contributed by atoms with Crippen LogP contribution in [0.3, 0.4) is 0 Å². The second-order valence-corrected chi connectivity index (χ2v) is 2.82. The minimum Gasteiger partial charge on any atom is -0.550 e. The molecular formula is C8H24N4O10. The number of rotatable bonds is 6. The molecule has 0 aliphatic heterocycles. The van der Waals surface area contributed by atoms with Gasteiger partial charge in [0.1, 0.15) is 0 Å². The molecule has 0 aromatic rings. The van der Waals surface area contributed by atoms with E-state index in [2.05, 4.69) is 0 Å². The van der Waals surface area contributed by atoms with Crippen molar-refractivity contribution >= 4 is 23.9 Å². The summed E-state index contributed by atoms with van der Waals surface area (Å²) in [6, 6.07) is 0. The lowest BCUT2D eigenvalue weighted by Crippen LogP contribution is -2.39. The lowest BCUT2D eigenvalue weighted by atomic mass is 10.3. The van der Waals surface area contributed by atoms with Gasteiger partial charge in [0.05, 0.1) is 24.1 Å². The van der Waals surface area contributed by atoms with E-state index in [1.165, 1.54) is 0 Å². The summed E-state index contributed by atoms with van der Waals surface area (Å²) in [7, 11) is 0. The van der Waals surface area contributed by atoms with Crippen LogP contribution in [-0.4, -0.2) is 46.3 Å². The topological polar surface area (TPSA) is 347 Å². The van der Waals surface area contributed by atoms with E-state index in [1.54, 1.807) is 0 Å². The van der Waals surface area contributed by atoms with Gasteiger partial charge < -0.3 is 74.4 Å². The molecule has 0 fully saturated rings. The first-order chi connectivity index (χ1) is 8.07. The van der Waals surface area contributed by atoms with E-state index < -0.39 is 48.9 Å². The maximum atomic E-state index is 9.58. The van der Waals surface area contributed by atoms with Crippen LogP contribution in [0.15, 0.2) is 0 Å². The van der Waals surface area contributed by atoms with E-state index >= 15 is 0 Å². The van der Waals surface area contributed by atoms with Gasteiger partial charge in [-0.05, 0) is 0 Å². The van der Waals surface area contributed by atoms with Crippen LogP contribution in [0.2, 0.25) is 0 Å². The fourth-order valence-corrected chi connectivity index (χ4v) is 0.482. The highest BCUT2D eigenvalue weighted by Gasteiger charge is 2.03. The predicted octanol–water partition coefficient (Wildman–Crippen LogP) is -6.02. The van der Waals surface area contributed by atoms with Gasteiger partial charge in [-0.3, -0.25) is 0 Å². The molecule has 0 aromatic heterocycles. The van der Waals surface area contributed by atoms with E-state index in [-0.39, 0.29) is 24.6 Å². The second-order valence-electron chi connectivity index (χ2n) is 2.82. The summed E-state index contributed by atoms with van der Waals surface area (Å²) < 4.78 is 0. The van der Waals surface area contributed by atoms with Gasteiger partial charge in [-0.2, -0.15) is 0 Å².